The Morgan fingerprint density at radius 2 is 2.25 bits per heavy atom. The fourth-order valence-electron chi connectivity index (χ4n) is 1.14. The Hall–Kier alpha value is -0.860. The molecule has 1 atom stereocenters. The maximum Gasteiger partial charge on any atom is 0.224 e. The molecule has 0 aromatic carbocycles. The summed E-state index contributed by atoms with van der Waals surface area (Å²) >= 11 is 0. The summed E-state index contributed by atoms with van der Waals surface area (Å²) in [6.45, 7) is 4.00. The highest BCUT2D eigenvalue weighted by Gasteiger charge is 2.32. The summed E-state index contributed by atoms with van der Waals surface area (Å²) in [6, 6.07) is 0.230. The molecule has 1 saturated carbocycles. The molecule has 0 radical (unpaired) electrons. The van der Waals surface area contributed by atoms with Gasteiger partial charge in [0, 0.05) is 18.9 Å². The molecule has 0 heterocycles. The van der Waals surface area contributed by atoms with E-state index in [1.165, 1.54) is 0 Å². The molecule has 68 valence electrons. The lowest BCUT2D eigenvalue weighted by Gasteiger charge is -2.24. The van der Waals surface area contributed by atoms with Gasteiger partial charge in [0.1, 0.15) is 5.78 Å². The Bertz CT molecular complexity index is 193. The van der Waals surface area contributed by atoms with E-state index in [2.05, 4.69) is 5.32 Å². The van der Waals surface area contributed by atoms with E-state index in [4.69, 9.17) is 0 Å². The summed E-state index contributed by atoms with van der Waals surface area (Å²) in [4.78, 5) is 21.9. The van der Waals surface area contributed by atoms with Gasteiger partial charge in [0.2, 0.25) is 5.91 Å². The van der Waals surface area contributed by atoms with Gasteiger partial charge in [-0.2, -0.15) is 0 Å². The number of carbonyl (C=O) groups excluding carboxylic acids is 2. The van der Waals surface area contributed by atoms with E-state index in [0.29, 0.717) is 12.8 Å². The van der Waals surface area contributed by atoms with Gasteiger partial charge in [0.05, 0.1) is 5.92 Å². The van der Waals surface area contributed by atoms with E-state index in [0.717, 1.165) is 6.42 Å². The molecule has 1 fully saturated rings. The van der Waals surface area contributed by atoms with Crippen molar-refractivity contribution in [1.82, 2.24) is 5.32 Å². The second kappa shape index (κ2) is 3.70. The Balaban J connectivity index is 2.25. The predicted molar refractivity (Wildman–Crippen MR) is 45.6 cm³/mol. The van der Waals surface area contributed by atoms with Gasteiger partial charge in [-0.1, -0.05) is 6.92 Å². The van der Waals surface area contributed by atoms with Crippen LogP contribution in [0.1, 0.15) is 33.1 Å². The number of carbonyl (C=O) groups is 2. The van der Waals surface area contributed by atoms with Crippen molar-refractivity contribution in [2.24, 2.45) is 5.92 Å². The monoisotopic (exact) mass is 169 g/mol. The standard InChI is InChI=1S/C9H15NO2/c1-3-6(2)10-9(12)7-4-8(11)5-7/h6-7H,3-5H2,1-2H3,(H,10,12). The fraction of sp³-hybridized carbons (Fsp3) is 0.778. The van der Waals surface area contributed by atoms with Crippen LogP contribution < -0.4 is 5.32 Å². The Morgan fingerprint density at radius 3 is 2.67 bits per heavy atom. The molecule has 3 heteroatoms. The smallest absolute Gasteiger partial charge is 0.224 e. The minimum Gasteiger partial charge on any atom is -0.353 e. The fourth-order valence-corrected chi connectivity index (χ4v) is 1.14. The lowest BCUT2D eigenvalue weighted by molar-refractivity contribution is -0.138. The summed E-state index contributed by atoms with van der Waals surface area (Å²) < 4.78 is 0. The maximum absolute atomic E-state index is 11.3. The van der Waals surface area contributed by atoms with Crippen LogP contribution in [0, 0.1) is 5.92 Å². The first kappa shape index (κ1) is 9.23. The van der Waals surface area contributed by atoms with Crippen molar-refractivity contribution in [2.75, 3.05) is 0 Å². The average molecular weight is 169 g/mol. The third-order valence-corrected chi connectivity index (χ3v) is 2.32. The first-order valence-corrected chi connectivity index (χ1v) is 4.45. The molecule has 1 N–H and O–H groups in total. The largest absolute Gasteiger partial charge is 0.353 e. The van der Waals surface area contributed by atoms with Crippen LogP contribution in [0.5, 0.6) is 0 Å². The SMILES string of the molecule is CCC(C)NC(=O)C1CC(=O)C1. The van der Waals surface area contributed by atoms with Gasteiger partial charge < -0.3 is 5.32 Å². The van der Waals surface area contributed by atoms with Gasteiger partial charge in [-0.3, -0.25) is 9.59 Å². The van der Waals surface area contributed by atoms with Crippen molar-refractivity contribution in [3.63, 3.8) is 0 Å². The minimum atomic E-state index is -0.0356. The molecule has 1 rings (SSSR count). The van der Waals surface area contributed by atoms with E-state index in [1.807, 2.05) is 13.8 Å². The van der Waals surface area contributed by atoms with Gasteiger partial charge in [0.25, 0.3) is 0 Å². The lowest BCUT2D eigenvalue weighted by atomic mass is 9.83. The maximum atomic E-state index is 11.3. The molecule has 1 amide bonds. The van der Waals surface area contributed by atoms with E-state index in [-0.39, 0.29) is 23.7 Å². The van der Waals surface area contributed by atoms with E-state index in [9.17, 15) is 9.59 Å². The number of ketones is 1. The number of Topliss-reactive ketones (excluding diaryl/α,β-unsaturated/α-hetero) is 1. The van der Waals surface area contributed by atoms with Crippen LogP contribution in [0.4, 0.5) is 0 Å². The number of amides is 1. The zero-order valence-corrected chi connectivity index (χ0v) is 7.59. The lowest BCUT2D eigenvalue weighted by Crippen LogP contribution is -2.42. The third kappa shape index (κ3) is 2.06. The summed E-state index contributed by atoms with van der Waals surface area (Å²) in [5.74, 6) is 0.217. The van der Waals surface area contributed by atoms with Gasteiger partial charge >= 0.3 is 0 Å². The Labute approximate surface area is 72.5 Å². The quantitative estimate of drug-likeness (QED) is 0.681. The van der Waals surface area contributed by atoms with Crippen molar-refractivity contribution in [3.05, 3.63) is 0 Å². The molecule has 12 heavy (non-hydrogen) atoms. The zero-order chi connectivity index (χ0) is 9.14. The summed E-state index contributed by atoms with van der Waals surface area (Å²) in [7, 11) is 0. The highest BCUT2D eigenvalue weighted by Crippen LogP contribution is 2.22. The number of hydrogen-bond donors (Lipinski definition) is 1. The number of nitrogens with one attached hydrogen (secondary N) is 1. The second-order valence-electron chi connectivity index (χ2n) is 3.46. The predicted octanol–water partition coefficient (Wildman–Crippen LogP) is 0.880. The topological polar surface area (TPSA) is 46.2 Å². The van der Waals surface area contributed by atoms with Crippen LogP contribution in [0.3, 0.4) is 0 Å². The van der Waals surface area contributed by atoms with E-state index < -0.39 is 0 Å². The first-order valence-electron chi connectivity index (χ1n) is 4.45. The molecule has 3 nitrogen and oxygen atoms in total. The van der Waals surface area contributed by atoms with Crippen molar-refractivity contribution >= 4 is 11.7 Å². The molecular weight excluding hydrogens is 154 g/mol. The molecule has 0 aromatic heterocycles. The second-order valence-corrected chi connectivity index (χ2v) is 3.46. The van der Waals surface area contributed by atoms with Gasteiger partial charge in [-0.15, -0.1) is 0 Å². The molecule has 0 spiro atoms. The van der Waals surface area contributed by atoms with Crippen LogP contribution >= 0.6 is 0 Å². The van der Waals surface area contributed by atoms with Crippen LogP contribution in [-0.2, 0) is 9.59 Å². The van der Waals surface area contributed by atoms with Crippen LogP contribution in [0.25, 0.3) is 0 Å². The highest BCUT2D eigenvalue weighted by molar-refractivity contribution is 5.96. The van der Waals surface area contributed by atoms with E-state index >= 15 is 0 Å². The first-order chi connectivity index (χ1) is 5.63. The molecule has 0 aromatic rings. The summed E-state index contributed by atoms with van der Waals surface area (Å²) in [6.07, 6.45) is 1.83. The van der Waals surface area contributed by atoms with Crippen LogP contribution in [-0.4, -0.2) is 17.7 Å². The normalized spacial score (nSPS) is 20.0. The van der Waals surface area contributed by atoms with Crippen molar-refractivity contribution in [2.45, 2.75) is 39.2 Å². The molecular formula is C9H15NO2. The number of hydrogen-bond acceptors (Lipinski definition) is 2. The van der Waals surface area contributed by atoms with Gasteiger partial charge in [-0.05, 0) is 13.3 Å². The van der Waals surface area contributed by atoms with Gasteiger partial charge in [-0.25, -0.2) is 0 Å². The molecule has 0 aliphatic heterocycles. The number of rotatable bonds is 3. The van der Waals surface area contributed by atoms with Crippen LogP contribution in [0.15, 0.2) is 0 Å². The van der Waals surface area contributed by atoms with E-state index in [1.54, 1.807) is 0 Å². The van der Waals surface area contributed by atoms with Crippen molar-refractivity contribution in [1.29, 1.82) is 0 Å². The average Bonchev–Trinajstić information content (AvgIpc) is 1.98. The van der Waals surface area contributed by atoms with Crippen molar-refractivity contribution in [3.8, 4) is 0 Å². The molecule has 1 unspecified atom stereocenters. The molecule has 0 saturated heterocycles. The molecule has 1 aliphatic carbocycles. The molecule has 0 bridgehead atoms. The third-order valence-electron chi connectivity index (χ3n) is 2.32. The van der Waals surface area contributed by atoms with Crippen LogP contribution in [0.2, 0.25) is 0 Å². The summed E-state index contributed by atoms with van der Waals surface area (Å²) in [5.41, 5.74) is 0. The Kier molecular flexibility index (Phi) is 2.84. The van der Waals surface area contributed by atoms with Gasteiger partial charge in [0.15, 0.2) is 0 Å². The Morgan fingerprint density at radius 1 is 1.67 bits per heavy atom. The molecule has 1 aliphatic rings. The zero-order valence-electron chi connectivity index (χ0n) is 7.59. The summed E-state index contributed by atoms with van der Waals surface area (Å²) in [5, 5.41) is 2.86. The minimum absolute atomic E-state index is 0.0356. The highest BCUT2D eigenvalue weighted by atomic mass is 16.2. The van der Waals surface area contributed by atoms with Crippen molar-refractivity contribution < 1.29 is 9.59 Å².